The van der Waals surface area contributed by atoms with Crippen LogP contribution < -0.4 is 9.05 Å². The van der Waals surface area contributed by atoms with Gasteiger partial charge in [-0.15, -0.1) is 0 Å². The second-order valence-electron chi connectivity index (χ2n) is 12.8. The van der Waals surface area contributed by atoms with Gasteiger partial charge in [0.15, 0.2) is 0 Å². The number of hydrogen-bond donors (Lipinski definition) is 0. The van der Waals surface area contributed by atoms with Gasteiger partial charge in [-0.1, -0.05) is 157 Å². The van der Waals surface area contributed by atoms with Gasteiger partial charge in [-0.05, 0) is 53.1 Å². The predicted octanol–water partition coefficient (Wildman–Crippen LogP) is 10.5. The molecule has 10 heteroatoms. The quantitative estimate of drug-likeness (QED) is 0.0793. The highest BCUT2D eigenvalue weighted by atomic mass is 32.2. The molecule has 7 rings (SSSR count). The van der Waals surface area contributed by atoms with Gasteiger partial charge in [0.1, 0.15) is 41.4 Å². The normalized spacial score (nSPS) is 19.7. The van der Waals surface area contributed by atoms with E-state index in [-0.39, 0.29) is 19.8 Å². The zero-order chi connectivity index (χ0) is 37.5. The summed E-state index contributed by atoms with van der Waals surface area (Å²) in [6.45, 7) is 1.05. The zero-order valence-corrected chi connectivity index (χ0v) is 31.9. The highest BCUT2D eigenvalue weighted by Crippen LogP contribution is 2.54. The number of phosphoric ester groups is 1. The van der Waals surface area contributed by atoms with Crippen LogP contribution in [0.25, 0.3) is 0 Å². The van der Waals surface area contributed by atoms with Gasteiger partial charge < -0.3 is 28.0 Å². The van der Waals surface area contributed by atoms with Gasteiger partial charge >= 0.3 is 7.82 Å². The highest BCUT2D eigenvalue weighted by Gasteiger charge is 2.52. The van der Waals surface area contributed by atoms with Crippen LogP contribution in [0.2, 0.25) is 0 Å². The minimum Gasteiger partial charge on any atom is -0.395 e. The van der Waals surface area contributed by atoms with Crippen LogP contribution >= 0.6 is 19.6 Å². The first-order valence-corrected chi connectivity index (χ1v) is 20.5. The predicted molar refractivity (Wildman–Crippen MR) is 214 cm³/mol. The molecule has 0 bridgehead atoms. The zero-order valence-electron chi connectivity index (χ0n) is 30.2. The van der Waals surface area contributed by atoms with Crippen molar-refractivity contribution in [3.05, 3.63) is 199 Å². The van der Waals surface area contributed by atoms with E-state index in [0.29, 0.717) is 18.1 Å². The van der Waals surface area contributed by atoms with E-state index >= 15 is 4.57 Å². The van der Waals surface area contributed by atoms with Crippen molar-refractivity contribution < 1.29 is 37.1 Å². The fraction of sp³-hybridized carbons (Fsp3) is 0.200. The van der Waals surface area contributed by atoms with Crippen molar-refractivity contribution in [2.75, 3.05) is 6.61 Å². The lowest BCUT2D eigenvalue weighted by molar-refractivity contribution is -0.239. The fourth-order valence-corrected chi connectivity index (χ4v) is 8.70. The lowest BCUT2D eigenvalue weighted by Gasteiger charge is -2.46. The first-order valence-electron chi connectivity index (χ1n) is 18.2. The number of benzene rings is 6. The average Bonchev–Trinajstić information content (AvgIpc) is 3.23. The number of hydrogen-bond acceptors (Lipinski definition) is 9. The van der Waals surface area contributed by atoms with Crippen molar-refractivity contribution in [3.8, 4) is 11.5 Å². The van der Waals surface area contributed by atoms with E-state index in [9.17, 15) is 0 Å². The van der Waals surface area contributed by atoms with Crippen molar-refractivity contribution in [3.63, 3.8) is 0 Å². The Hall–Kier alpha value is -4.70. The summed E-state index contributed by atoms with van der Waals surface area (Å²) in [7, 11) is -4.45. The Labute approximate surface area is 326 Å². The van der Waals surface area contributed by atoms with Crippen LogP contribution in [0, 0.1) is 0 Å². The summed E-state index contributed by atoms with van der Waals surface area (Å²) < 4.78 is 61.0. The summed E-state index contributed by atoms with van der Waals surface area (Å²) in [5.74, 6) is 0.633. The van der Waals surface area contributed by atoms with Crippen LogP contribution in [0.1, 0.15) is 16.7 Å². The van der Waals surface area contributed by atoms with E-state index in [4.69, 9.17) is 32.5 Å². The van der Waals surface area contributed by atoms with Gasteiger partial charge in [-0.2, -0.15) is 0 Å². The summed E-state index contributed by atoms with van der Waals surface area (Å²) in [5, 5.41) is 0. The van der Waals surface area contributed by atoms with Crippen LogP contribution in [0.3, 0.4) is 0 Å². The summed E-state index contributed by atoms with van der Waals surface area (Å²) >= 11 is 1.43. The molecule has 5 unspecified atom stereocenters. The Bertz CT molecular complexity index is 1980. The Balaban J connectivity index is 1.28. The molecule has 1 aliphatic rings. The van der Waals surface area contributed by atoms with Gasteiger partial charge in [0, 0.05) is 4.90 Å². The monoisotopic (exact) mass is 774 g/mol. The van der Waals surface area contributed by atoms with Crippen LogP contribution in [0.5, 0.6) is 11.5 Å². The number of phosphoric acid groups is 1. The van der Waals surface area contributed by atoms with Gasteiger partial charge in [-0.3, -0.25) is 4.52 Å². The first-order chi connectivity index (χ1) is 27.1. The molecule has 55 heavy (non-hydrogen) atoms. The van der Waals surface area contributed by atoms with Crippen molar-refractivity contribution >= 4 is 19.6 Å². The van der Waals surface area contributed by atoms with Crippen LogP contribution in [-0.2, 0) is 47.9 Å². The second kappa shape index (κ2) is 19.8. The maximum atomic E-state index is 15.1. The molecule has 0 N–H and O–H groups in total. The topological polar surface area (TPSA) is 81.7 Å². The number of ether oxygens (including phenoxy) is 4. The Kier molecular flexibility index (Phi) is 13.9. The Morgan fingerprint density at radius 2 is 0.909 bits per heavy atom. The maximum Gasteiger partial charge on any atom is 0.588 e. The molecule has 6 aromatic carbocycles. The minimum absolute atomic E-state index is 0.191. The third-order valence-electron chi connectivity index (χ3n) is 8.72. The molecule has 5 atom stereocenters. The fourth-order valence-electron chi connectivity index (χ4n) is 6.08. The molecule has 1 fully saturated rings. The summed E-state index contributed by atoms with van der Waals surface area (Å²) in [5.41, 5.74) is 2.18. The third-order valence-corrected chi connectivity index (χ3v) is 11.2. The molecule has 1 saturated heterocycles. The maximum absolute atomic E-state index is 15.1. The van der Waals surface area contributed by atoms with Gasteiger partial charge in [0.05, 0.1) is 26.4 Å². The molecule has 1 aliphatic heterocycles. The Morgan fingerprint density at radius 3 is 1.40 bits per heavy atom. The minimum atomic E-state index is -4.45. The number of thioether (sulfide) groups is 1. The average molecular weight is 775 g/mol. The number of para-hydroxylation sites is 2. The molecule has 0 radical (unpaired) electrons. The van der Waals surface area contributed by atoms with Crippen LogP contribution in [-0.4, -0.2) is 36.5 Å². The summed E-state index contributed by atoms with van der Waals surface area (Å²) in [6.07, 6.45) is -3.22. The summed E-state index contributed by atoms with van der Waals surface area (Å²) in [6, 6.07) is 57.3. The van der Waals surface area contributed by atoms with E-state index in [0.717, 1.165) is 21.6 Å². The van der Waals surface area contributed by atoms with E-state index in [1.807, 2.05) is 133 Å². The highest BCUT2D eigenvalue weighted by molar-refractivity contribution is 7.99. The molecule has 282 valence electrons. The van der Waals surface area contributed by atoms with Crippen LogP contribution in [0.15, 0.2) is 187 Å². The summed E-state index contributed by atoms with van der Waals surface area (Å²) in [4.78, 5) is 0.915. The van der Waals surface area contributed by atoms with Crippen molar-refractivity contribution in [2.45, 2.75) is 54.6 Å². The molecular weight excluding hydrogens is 732 g/mol. The third kappa shape index (κ3) is 11.4. The Morgan fingerprint density at radius 1 is 0.491 bits per heavy atom. The van der Waals surface area contributed by atoms with E-state index in [1.54, 1.807) is 48.5 Å². The van der Waals surface area contributed by atoms with Crippen molar-refractivity contribution in [1.82, 2.24) is 0 Å². The number of rotatable bonds is 18. The standard InChI is InChI=1S/C45H43O8PS/c46-54(51-38-25-13-4-14-26-38,52-39-27-15-5-16-28-39)53-44-43(49-33-37-23-11-3-12-24-37)42(48-32-36-21-9-2-10-22-36)41(34-47-31-35-19-7-1-8-20-35)50-45(44)55-40-29-17-6-18-30-40/h1-30,41-45H,31-34H2. The van der Waals surface area contributed by atoms with E-state index in [2.05, 4.69) is 0 Å². The van der Waals surface area contributed by atoms with Gasteiger partial charge in [0.2, 0.25) is 0 Å². The smallest absolute Gasteiger partial charge is 0.395 e. The molecule has 8 nitrogen and oxygen atoms in total. The lowest BCUT2D eigenvalue weighted by atomic mass is 9.99. The molecule has 0 amide bonds. The van der Waals surface area contributed by atoms with Crippen LogP contribution in [0.4, 0.5) is 0 Å². The molecule has 0 aliphatic carbocycles. The largest absolute Gasteiger partial charge is 0.588 e. The van der Waals surface area contributed by atoms with Gasteiger partial charge in [0.25, 0.3) is 0 Å². The van der Waals surface area contributed by atoms with Gasteiger partial charge in [-0.25, -0.2) is 4.57 Å². The lowest BCUT2D eigenvalue weighted by Crippen LogP contribution is -2.60. The molecule has 0 saturated carbocycles. The molecule has 1 heterocycles. The van der Waals surface area contributed by atoms with Crippen molar-refractivity contribution in [2.24, 2.45) is 0 Å². The van der Waals surface area contributed by atoms with E-state index < -0.39 is 37.7 Å². The van der Waals surface area contributed by atoms with E-state index in [1.165, 1.54) is 11.8 Å². The second-order valence-corrected chi connectivity index (χ2v) is 15.5. The molecular formula is C45H43O8PS. The molecule has 6 aromatic rings. The first kappa shape index (κ1) is 38.6. The molecule has 0 spiro atoms. The molecule has 0 aromatic heterocycles. The SMILES string of the molecule is O=P(Oc1ccccc1)(Oc1ccccc1)OC1C(Sc2ccccc2)OC(COCc2ccccc2)C(OCc2ccccc2)C1OCc1ccccc1. The van der Waals surface area contributed by atoms with Crippen molar-refractivity contribution in [1.29, 1.82) is 0 Å².